The molecule has 30 heavy (non-hydrogen) atoms. The highest BCUT2D eigenvalue weighted by Gasteiger charge is 2.18. The van der Waals surface area contributed by atoms with E-state index in [1.165, 1.54) is 16.4 Å². The lowest BCUT2D eigenvalue weighted by Gasteiger charge is -2.14. The van der Waals surface area contributed by atoms with Crippen LogP contribution in [-0.2, 0) is 0 Å². The number of carbonyl (C=O) groups is 1. The van der Waals surface area contributed by atoms with Crippen molar-refractivity contribution in [3.05, 3.63) is 47.2 Å². The van der Waals surface area contributed by atoms with Gasteiger partial charge < -0.3 is 10.5 Å². The Morgan fingerprint density at radius 2 is 2.13 bits per heavy atom. The number of thioether (sulfide) groups is 1. The molecule has 4 N–H and O–H groups in total. The number of methoxy groups -OCH3 is 1. The van der Waals surface area contributed by atoms with Crippen molar-refractivity contribution in [2.24, 2.45) is 0 Å². The van der Waals surface area contributed by atoms with Crippen LogP contribution in [-0.4, -0.2) is 48.3 Å². The molecule has 0 saturated carbocycles. The molecule has 10 nitrogen and oxygen atoms in total. The second-order valence-electron chi connectivity index (χ2n) is 6.63. The van der Waals surface area contributed by atoms with Crippen LogP contribution in [0.3, 0.4) is 0 Å². The molecule has 11 heteroatoms. The zero-order valence-electron chi connectivity index (χ0n) is 16.6. The van der Waals surface area contributed by atoms with Crippen LogP contribution in [0.15, 0.2) is 35.5 Å². The third-order valence-corrected chi connectivity index (χ3v) is 5.48. The fourth-order valence-corrected chi connectivity index (χ4v) is 4.00. The lowest BCUT2D eigenvalue weighted by Crippen LogP contribution is -2.23. The number of nitrogen functional groups attached to an aromatic ring is 1. The third-order valence-electron chi connectivity index (χ3n) is 4.56. The fraction of sp³-hybridized carbons (Fsp3) is 0.211. The van der Waals surface area contributed by atoms with E-state index >= 15 is 0 Å². The number of aromatic amines is 1. The molecule has 0 fully saturated rings. The summed E-state index contributed by atoms with van der Waals surface area (Å²) in [6.45, 7) is 3.60. The van der Waals surface area contributed by atoms with Gasteiger partial charge in [-0.3, -0.25) is 19.9 Å². The molecule has 0 radical (unpaired) electrons. The fourth-order valence-electron chi connectivity index (χ4n) is 3.15. The molecular formula is C19H20N8O2S. The molecule has 3 heterocycles. The van der Waals surface area contributed by atoms with Crippen LogP contribution < -0.4 is 16.0 Å². The second kappa shape index (κ2) is 7.67. The summed E-state index contributed by atoms with van der Waals surface area (Å²) < 4.78 is 8.28. The van der Waals surface area contributed by atoms with E-state index in [9.17, 15) is 4.79 Å². The average Bonchev–Trinajstić information content (AvgIpc) is 3.27. The maximum absolute atomic E-state index is 12.7. The molecule has 4 aromatic rings. The van der Waals surface area contributed by atoms with Crippen molar-refractivity contribution in [3.63, 3.8) is 0 Å². The highest BCUT2D eigenvalue weighted by molar-refractivity contribution is 7.99. The number of aromatic nitrogens is 6. The minimum absolute atomic E-state index is 0.0628. The van der Waals surface area contributed by atoms with Crippen molar-refractivity contribution in [2.75, 3.05) is 18.6 Å². The Bertz CT molecular complexity index is 1320. The number of nitrogens with two attached hydrogens (primary N) is 1. The molecule has 154 valence electrons. The minimum Gasteiger partial charge on any atom is -0.497 e. The molecule has 0 amide bonds. The topological polar surface area (TPSA) is 140 Å². The van der Waals surface area contributed by atoms with Crippen LogP contribution in [0.1, 0.15) is 16.2 Å². The average molecular weight is 424 g/mol. The predicted octanol–water partition coefficient (Wildman–Crippen LogP) is 2.06. The minimum atomic E-state index is -0.238. The Balaban J connectivity index is 1.79. The Labute approximate surface area is 175 Å². The number of fused-ring (bicyclic) bond motifs is 1. The number of hydrogen-bond acceptors (Lipinski definition) is 8. The summed E-state index contributed by atoms with van der Waals surface area (Å²) in [5, 5.41) is 20.9. The zero-order chi connectivity index (χ0) is 21.4. The molecule has 0 unspecified atom stereocenters. The van der Waals surface area contributed by atoms with Gasteiger partial charge in [-0.1, -0.05) is 17.8 Å². The van der Waals surface area contributed by atoms with Crippen molar-refractivity contribution >= 4 is 34.5 Å². The number of hydrogen-bond donors (Lipinski definition) is 3. The number of nitrogens with zero attached hydrogens (tertiary/aromatic N) is 5. The molecule has 4 rings (SSSR count). The smallest absolute Gasteiger partial charge is 0.257 e. The zero-order valence-corrected chi connectivity index (χ0v) is 17.4. The number of anilines is 1. The van der Waals surface area contributed by atoms with Crippen LogP contribution in [0.5, 0.6) is 5.75 Å². The van der Waals surface area contributed by atoms with Crippen LogP contribution in [0, 0.1) is 19.3 Å². The number of ether oxygens (including phenoxy) is 1. The first-order valence-corrected chi connectivity index (χ1v) is 10.0. The standard InChI is InChI=1S/C19H20N8O2S/c1-10-7-14(20)25-27(10)15(28)9-30-19-22-18-16(11(2)23-24-18)17(21)26(19)12-5-4-6-13(8-12)29-3/h4-8,21H,9H2,1-3H3,(H2,20,25)(H,23,24). The van der Waals surface area contributed by atoms with Gasteiger partial charge in [-0.15, -0.1) is 5.10 Å². The van der Waals surface area contributed by atoms with E-state index in [1.54, 1.807) is 24.7 Å². The Kier molecular flexibility index (Phi) is 5.04. The monoisotopic (exact) mass is 424 g/mol. The maximum atomic E-state index is 12.7. The molecule has 1 aromatic carbocycles. The van der Waals surface area contributed by atoms with E-state index in [4.69, 9.17) is 15.9 Å². The number of H-pyrrole nitrogens is 1. The van der Waals surface area contributed by atoms with E-state index in [-0.39, 0.29) is 23.0 Å². The largest absolute Gasteiger partial charge is 0.497 e. The van der Waals surface area contributed by atoms with E-state index in [0.717, 1.165) is 5.69 Å². The summed E-state index contributed by atoms with van der Waals surface area (Å²) in [6.07, 6.45) is 0. The van der Waals surface area contributed by atoms with Gasteiger partial charge in [0.25, 0.3) is 5.91 Å². The van der Waals surface area contributed by atoms with Crippen LogP contribution in [0.4, 0.5) is 5.82 Å². The number of carbonyl (C=O) groups excluding carboxylic acids is 1. The van der Waals surface area contributed by atoms with Gasteiger partial charge in [0.2, 0.25) is 0 Å². The number of rotatable bonds is 5. The van der Waals surface area contributed by atoms with E-state index in [2.05, 4.69) is 20.3 Å². The van der Waals surface area contributed by atoms with E-state index in [1.807, 2.05) is 31.2 Å². The Morgan fingerprint density at radius 1 is 1.33 bits per heavy atom. The summed E-state index contributed by atoms with van der Waals surface area (Å²) in [7, 11) is 1.58. The third kappa shape index (κ3) is 3.43. The summed E-state index contributed by atoms with van der Waals surface area (Å²) in [5.41, 5.74) is 8.42. The molecule has 0 atom stereocenters. The predicted molar refractivity (Wildman–Crippen MR) is 113 cm³/mol. The highest BCUT2D eigenvalue weighted by Crippen LogP contribution is 2.24. The first kappa shape index (κ1) is 19.7. The quantitative estimate of drug-likeness (QED) is 0.329. The van der Waals surface area contributed by atoms with E-state index < -0.39 is 0 Å². The molecule has 0 bridgehead atoms. The summed E-state index contributed by atoms with van der Waals surface area (Å²) >= 11 is 1.20. The molecule has 0 aliphatic heterocycles. The highest BCUT2D eigenvalue weighted by atomic mass is 32.2. The molecule has 0 aliphatic rings. The van der Waals surface area contributed by atoms with Crippen molar-refractivity contribution in [2.45, 2.75) is 19.0 Å². The summed E-state index contributed by atoms with van der Waals surface area (Å²) in [4.78, 5) is 17.2. The van der Waals surface area contributed by atoms with Gasteiger partial charge in [-0.25, -0.2) is 9.67 Å². The first-order chi connectivity index (χ1) is 14.4. The molecule has 0 spiro atoms. The van der Waals surface area contributed by atoms with Gasteiger partial charge in [-0.2, -0.15) is 5.10 Å². The maximum Gasteiger partial charge on any atom is 0.257 e. The van der Waals surface area contributed by atoms with Crippen molar-refractivity contribution in [3.8, 4) is 11.4 Å². The van der Waals surface area contributed by atoms with Crippen LogP contribution in [0.25, 0.3) is 16.7 Å². The van der Waals surface area contributed by atoms with Crippen molar-refractivity contribution < 1.29 is 9.53 Å². The van der Waals surface area contributed by atoms with Gasteiger partial charge >= 0.3 is 0 Å². The normalized spacial score (nSPS) is 11.2. The second-order valence-corrected chi connectivity index (χ2v) is 7.57. The van der Waals surface area contributed by atoms with Gasteiger partial charge in [0.15, 0.2) is 10.8 Å². The molecule has 3 aromatic heterocycles. The van der Waals surface area contributed by atoms with Gasteiger partial charge in [0.1, 0.15) is 17.1 Å². The lowest BCUT2D eigenvalue weighted by atomic mass is 10.2. The first-order valence-electron chi connectivity index (χ1n) is 9.04. The molecule has 0 aliphatic carbocycles. The van der Waals surface area contributed by atoms with Gasteiger partial charge in [0.05, 0.1) is 23.9 Å². The van der Waals surface area contributed by atoms with Gasteiger partial charge in [-0.05, 0) is 26.0 Å². The van der Waals surface area contributed by atoms with Crippen LogP contribution >= 0.6 is 11.8 Å². The molecule has 0 saturated heterocycles. The van der Waals surface area contributed by atoms with Crippen molar-refractivity contribution in [1.29, 1.82) is 5.41 Å². The number of aryl methyl sites for hydroxylation is 2. The Hall–Kier alpha value is -3.60. The summed E-state index contributed by atoms with van der Waals surface area (Å²) in [6, 6.07) is 8.96. The SMILES string of the molecule is COc1cccc(-n2c(SCC(=O)n3nc(N)cc3C)nc3n[nH]c(C)c3c2=N)c1. The number of benzene rings is 1. The lowest BCUT2D eigenvalue weighted by molar-refractivity contribution is 0.0924. The van der Waals surface area contributed by atoms with Crippen LogP contribution in [0.2, 0.25) is 0 Å². The number of nitrogens with one attached hydrogen (secondary N) is 2. The van der Waals surface area contributed by atoms with Gasteiger partial charge in [0, 0.05) is 23.5 Å². The molecular weight excluding hydrogens is 404 g/mol. The van der Waals surface area contributed by atoms with E-state index in [0.29, 0.717) is 33.3 Å². The Morgan fingerprint density at radius 3 is 2.83 bits per heavy atom. The summed E-state index contributed by atoms with van der Waals surface area (Å²) in [5.74, 6) is 0.765. The van der Waals surface area contributed by atoms with Crippen molar-refractivity contribution in [1.82, 2.24) is 29.5 Å².